The Morgan fingerprint density at radius 1 is 1.30 bits per heavy atom. The highest BCUT2D eigenvalue weighted by Gasteiger charge is 2.39. The van der Waals surface area contributed by atoms with Crippen LogP contribution in [-0.4, -0.2) is 35.1 Å². The standard InChI is InChI=1S/C17H21F3N4O2S/c1-22-15(17(18,19)20)21-24(16(22)27)10-23-8-4-5-13(23)12-7-6-11(25-2)9-14(12)26-3/h6-7,9,13H,4-5,8,10H2,1-3H3/p+1/t13-/m1/s1. The molecule has 0 spiro atoms. The molecular weight excluding hydrogens is 381 g/mol. The molecule has 27 heavy (non-hydrogen) atoms. The lowest BCUT2D eigenvalue weighted by molar-refractivity contribution is -0.941. The predicted octanol–water partition coefficient (Wildman–Crippen LogP) is 2.36. The lowest BCUT2D eigenvalue weighted by Crippen LogP contribution is -3.09. The van der Waals surface area contributed by atoms with Gasteiger partial charge in [0.05, 0.1) is 26.3 Å². The van der Waals surface area contributed by atoms with Crippen molar-refractivity contribution in [1.29, 1.82) is 0 Å². The molecule has 3 rings (SSSR count). The number of alkyl halides is 3. The Morgan fingerprint density at radius 3 is 2.63 bits per heavy atom. The number of quaternary nitrogens is 1. The Bertz CT molecular complexity index is 878. The number of hydrogen-bond acceptors (Lipinski definition) is 4. The van der Waals surface area contributed by atoms with Crippen LogP contribution in [0.3, 0.4) is 0 Å². The first kappa shape index (κ1) is 19.7. The second-order valence-electron chi connectivity index (χ2n) is 6.53. The highest BCUT2D eigenvalue weighted by molar-refractivity contribution is 7.71. The lowest BCUT2D eigenvalue weighted by atomic mass is 10.0. The van der Waals surface area contributed by atoms with E-state index in [1.165, 1.54) is 11.7 Å². The largest absolute Gasteiger partial charge is 0.497 e. The molecule has 2 heterocycles. The number of hydrogen-bond donors (Lipinski definition) is 1. The third kappa shape index (κ3) is 3.81. The van der Waals surface area contributed by atoms with Crippen molar-refractivity contribution >= 4 is 12.2 Å². The first-order chi connectivity index (χ1) is 12.8. The molecule has 0 radical (unpaired) electrons. The van der Waals surface area contributed by atoms with Gasteiger partial charge in [-0.25, -0.2) is 0 Å². The highest BCUT2D eigenvalue weighted by atomic mass is 32.1. The minimum atomic E-state index is -4.54. The molecule has 2 aromatic rings. The van der Waals surface area contributed by atoms with E-state index in [4.69, 9.17) is 21.7 Å². The number of benzene rings is 1. The minimum absolute atomic E-state index is 0.0576. The van der Waals surface area contributed by atoms with Crippen molar-refractivity contribution in [2.24, 2.45) is 7.05 Å². The molecule has 1 saturated heterocycles. The Kier molecular flexibility index (Phi) is 5.48. The predicted molar refractivity (Wildman–Crippen MR) is 94.4 cm³/mol. The Balaban J connectivity index is 1.90. The molecule has 1 unspecified atom stereocenters. The van der Waals surface area contributed by atoms with Crippen molar-refractivity contribution in [3.05, 3.63) is 34.4 Å². The van der Waals surface area contributed by atoms with Crippen LogP contribution >= 0.6 is 12.2 Å². The van der Waals surface area contributed by atoms with Gasteiger partial charge in [-0.15, -0.1) is 5.10 Å². The van der Waals surface area contributed by atoms with Crippen LogP contribution in [0.15, 0.2) is 18.2 Å². The zero-order valence-corrected chi connectivity index (χ0v) is 16.2. The third-order valence-corrected chi connectivity index (χ3v) is 5.43. The smallest absolute Gasteiger partial charge is 0.451 e. The molecular formula is C17H22F3N4O2S+. The van der Waals surface area contributed by atoms with E-state index < -0.39 is 12.0 Å². The average molecular weight is 403 g/mol. The molecule has 1 fully saturated rings. The molecule has 1 N–H and O–H groups in total. The van der Waals surface area contributed by atoms with E-state index >= 15 is 0 Å². The van der Waals surface area contributed by atoms with Gasteiger partial charge in [0.2, 0.25) is 10.6 Å². The van der Waals surface area contributed by atoms with E-state index in [9.17, 15) is 13.2 Å². The molecule has 0 amide bonds. The van der Waals surface area contributed by atoms with Gasteiger partial charge in [-0.2, -0.15) is 17.9 Å². The summed E-state index contributed by atoms with van der Waals surface area (Å²) in [5, 5.41) is 3.72. The first-order valence-corrected chi connectivity index (χ1v) is 8.94. The quantitative estimate of drug-likeness (QED) is 0.779. The molecule has 0 aliphatic carbocycles. The number of rotatable bonds is 5. The molecule has 0 bridgehead atoms. The normalized spacial score (nSPS) is 20.1. The summed E-state index contributed by atoms with van der Waals surface area (Å²) < 4.78 is 52.2. The number of methoxy groups -OCH3 is 2. The van der Waals surface area contributed by atoms with Crippen molar-refractivity contribution < 1.29 is 27.5 Å². The molecule has 148 valence electrons. The number of likely N-dealkylation sites (tertiary alicyclic amines) is 1. The van der Waals surface area contributed by atoms with Crippen molar-refractivity contribution in [3.8, 4) is 11.5 Å². The number of aromatic nitrogens is 3. The van der Waals surface area contributed by atoms with E-state index in [0.717, 1.165) is 34.4 Å². The molecule has 1 aromatic carbocycles. The van der Waals surface area contributed by atoms with Gasteiger partial charge in [-0.1, -0.05) is 0 Å². The van der Waals surface area contributed by atoms with E-state index in [-0.39, 0.29) is 17.5 Å². The fourth-order valence-corrected chi connectivity index (χ4v) is 3.80. The SMILES string of the molecule is COc1ccc([C@H]2CCC[NH+]2Cn2nc(C(F)(F)F)n(C)c2=S)c(OC)c1. The van der Waals surface area contributed by atoms with Crippen LogP contribution in [0.4, 0.5) is 13.2 Å². The molecule has 2 atom stereocenters. The first-order valence-electron chi connectivity index (χ1n) is 8.53. The van der Waals surface area contributed by atoms with Gasteiger partial charge in [0.1, 0.15) is 17.5 Å². The highest BCUT2D eigenvalue weighted by Crippen LogP contribution is 2.32. The van der Waals surface area contributed by atoms with Gasteiger partial charge in [-0.05, 0) is 24.4 Å². The summed E-state index contributed by atoms with van der Waals surface area (Å²) in [6.45, 7) is 1.09. The number of halogens is 3. The lowest BCUT2D eigenvalue weighted by Gasteiger charge is -2.23. The van der Waals surface area contributed by atoms with Crippen LogP contribution in [-0.2, 0) is 19.9 Å². The van der Waals surface area contributed by atoms with Crippen molar-refractivity contribution in [2.45, 2.75) is 31.7 Å². The number of ether oxygens (including phenoxy) is 2. The van der Waals surface area contributed by atoms with Crippen molar-refractivity contribution in [1.82, 2.24) is 14.3 Å². The van der Waals surface area contributed by atoms with Crippen LogP contribution in [0.2, 0.25) is 0 Å². The molecule has 6 nitrogen and oxygen atoms in total. The number of nitrogens with zero attached hydrogens (tertiary/aromatic N) is 3. The molecule has 1 aliphatic heterocycles. The Morgan fingerprint density at radius 2 is 2.04 bits per heavy atom. The van der Waals surface area contributed by atoms with Crippen LogP contribution < -0.4 is 14.4 Å². The van der Waals surface area contributed by atoms with Gasteiger partial charge in [-0.3, -0.25) is 4.57 Å². The van der Waals surface area contributed by atoms with Crippen LogP contribution in [0, 0.1) is 4.77 Å². The minimum Gasteiger partial charge on any atom is -0.497 e. The molecule has 1 aromatic heterocycles. The molecule has 0 saturated carbocycles. The summed E-state index contributed by atoms with van der Waals surface area (Å²) in [7, 11) is 4.47. The van der Waals surface area contributed by atoms with E-state index in [1.54, 1.807) is 14.2 Å². The summed E-state index contributed by atoms with van der Waals surface area (Å²) in [5.41, 5.74) is 1.00. The topological polar surface area (TPSA) is 45.7 Å². The average Bonchev–Trinajstić information content (AvgIpc) is 3.20. The second-order valence-corrected chi connectivity index (χ2v) is 6.90. The van der Waals surface area contributed by atoms with Crippen LogP contribution in [0.1, 0.15) is 30.3 Å². The summed E-state index contributed by atoms with van der Waals surface area (Å²) in [6, 6.07) is 5.72. The zero-order valence-electron chi connectivity index (χ0n) is 15.3. The summed E-state index contributed by atoms with van der Waals surface area (Å²) in [5.74, 6) is 0.418. The fraction of sp³-hybridized carbons (Fsp3) is 0.529. The van der Waals surface area contributed by atoms with E-state index in [1.807, 2.05) is 18.2 Å². The van der Waals surface area contributed by atoms with Gasteiger partial charge >= 0.3 is 6.18 Å². The molecule has 10 heteroatoms. The fourth-order valence-electron chi connectivity index (χ4n) is 3.61. The monoisotopic (exact) mass is 403 g/mol. The van der Waals surface area contributed by atoms with Gasteiger partial charge in [0.15, 0.2) is 6.67 Å². The van der Waals surface area contributed by atoms with Crippen LogP contribution in [0.5, 0.6) is 11.5 Å². The van der Waals surface area contributed by atoms with Crippen molar-refractivity contribution in [2.75, 3.05) is 20.8 Å². The van der Waals surface area contributed by atoms with E-state index in [2.05, 4.69) is 5.10 Å². The van der Waals surface area contributed by atoms with Gasteiger partial charge in [0, 0.05) is 26.0 Å². The van der Waals surface area contributed by atoms with Gasteiger partial charge in [0.25, 0.3) is 0 Å². The summed E-state index contributed by atoms with van der Waals surface area (Å²) in [4.78, 5) is 1.10. The van der Waals surface area contributed by atoms with E-state index in [0.29, 0.717) is 11.5 Å². The summed E-state index contributed by atoms with van der Waals surface area (Å²) >= 11 is 5.16. The molecule has 1 aliphatic rings. The maximum Gasteiger partial charge on any atom is 0.451 e. The maximum absolute atomic E-state index is 13.1. The Labute approximate surface area is 160 Å². The zero-order chi connectivity index (χ0) is 19.8. The van der Waals surface area contributed by atoms with Crippen molar-refractivity contribution in [3.63, 3.8) is 0 Å². The van der Waals surface area contributed by atoms with Gasteiger partial charge < -0.3 is 14.4 Å². The Hall–Kier alpha value is -2.07. The third-order valence-electron chi connectivity index (χ3n) is 4.95. The number of nitrogens with one attached hydrogen (secondary N) is 1. The van der Waals surface area contributed by atoms with Crippen LogP contribution in [0.25, 0.3) is 0 Å². The summed E-state index contributed by atoms with van der Waals surface area (Å²) in [6.07, 6.45) is -2.67. The second kappa shape index (κ2) is 7.51. The maximum atomic E-state index is 13.1.